The van der Waals surface area contributed by atoms with Gasteiger partial charge in [-0.05, 0) is 29.8 Å². The molecular formula is C24H20ClN3O4S. The van der Waals surface area contributed by atoms with Crippen molar-refractivity contribution in [3.63, 3.8) is 0 Å². The molecule has 9 heteroatoms. The molecule has 168 valence electrons. The third kappa shape index (κ3) is 3.46. The van der Waals surface area contributed by atoms with Gasteiger partial charge in [0.1, 0.15) is 19.0 Å². The average Bonchev–Trinajstić information content (AvgIpc) is 2.84. The lowest BCUT2D eigenvalue weighted by Gasteiger charge is -2.49. The van der Waals surface area contributed by atoms with E-state index in [1.54, 1.807) is 23.2 Å². The molecule has 0 fully saturated rings. The maximum absolute atomic E-state index is 13.3. The molecule has 33 heavy (non-hydrogen) atoms. The number of halogens is 1. The molecule has 1 amide bonds. The van der Waals surface area contributed by atoms with Crippen LogP contribution in [0.15, 0.2) is 77.7 Å². The van der Waals surface area contributed by atoms with E-state index in [1.165, 1.54) is 21.8 Å². The molecule has 2 aromatic carbocycles. The van der Waals surface area contributed by atoms with Gasteiger partial charge in [0, 0.05) is 29.4 Å². The van der Waals surface area contributed by atoms with E-state index < -0.39 is 22.0 Å². The van der Waals surface area contributed by atoms with Crippen LogP contribution < -0.4 is 15.2 Å². The lowest BCUT2D eigenvalue weighted by atomic mass is 9.95. The van der Waals surface area contributed by atoms with Crippen LogP contribution in [-0.2, 0) is 4.87 Å². The van der Waals surface area contributed by atoms with Crippen LogP contribution in [0.1, 0.15) is 21.6 Å². The lowest BCUT2D eigenvalue weighted by Crippen LogP contribution is -2.61. The highest BCUT2D eigenvalue weighted by Gasteiger charge is 2.45. The van der Waals surface area contributed by atoms with E-state index in [2.05, 4.69) is 0 Å². The van der Waals surface area contributed by atoms with E-state index in [-0.39, 0.29) is 25.5 Å². The zero-order valence-corrected chi connectivity index (χ0v) is 19.0. The molecule has 0 saturated heterocycles. The topological polar surface area (TPSA) is 75.0 Å². The minimum Gasteiger partial charge on any atom is -0.502 e. The zero-order chi connectivity index (χ0) is 23.2. The smallest absolute Gasteiger partial charge is 0.278 e. The molecule has 1 N–H and O–H groups in total. The van der Waals surface area contributed by atoms with Crippen molar-refractivity contribution in [2.75, 3.05) is 24.8 Å². The zero-order valence-electron chi connectivity index (χ0n) is 17.4. The quantitative estimate of drug-likeness (QED) is 0.412. The molecule has 7 nitrogen and oxygen atoms in total. The van der Waals surface area contributed by atoms with E-state index in [1.807, 2.05) is 42.5 Å². The molecule has 5 rings (SSSR count). The van der Waals surface area contributed by atoms with E-state index in [0.29, 0.717) is 16.3 Å². The Balaban J connectivity index is 1.87. The highest BCUT2D eigenvalue weighted by molar-refractivity contribution is 7.81. The molecule has 0 spiro atoms. The van der Waals surface area contributed by atoms with Crippen LogP contribution in [0.3, 0.4) is 0 Å². The molecule has 2 aliphatic rings. The standard InChI is InChI=1S/C24H20ClN3O4S/c25-17-8-9-20-18(14-17)24(33,16-6-2-1-3-7-16)28-15-26(11-4-5-13-32-20)23(31)21-22(30)19(29)10-12-27(21)28/h1-10,12,14,30,33H,11,13,15H2/b5-4-/t24-/m0/s1. The molecule has 3 aromatic rings. The number of nitrogens with zero attached hydrogens (tertiary/aromatic N) is 3. The number of hydrogen-bond acceptors (Lipinski definition) is 6. The Morgan fingerprint density at radius 3 is 2.64 bits per heavy atom. The minimum absolute atomic E-state index is 0.125. The number of rotatable bonds is 1. The number of aromatic hydroxyl groups is 1. The van der Waals surface area contributed by atoms with Crippen LogP contribution in [0, 0.1) is 0 Å². The number of fused-ring (bicyclic) bond motifs is 5. The fourth-order valence-corrected chi connectivity index (χ4v) is 4.84. The van der Waals surface area contributed by atoms with Gasteiger partial charge in [-0.1, -0.05) is 48.0 Å². The molecule has 0 aliphatic carbocycles. The van der Waals surface area contributed by atoms with Crippen molar-refractivity contribution in [3.8, 4) is 11.5 Å². The minimum atomic E-state index is -1.19. The molecule has 0 saturated carbocycles. The van der Waals surface area contributed by atoms with Gasteiger partial charge >= 0.3 is 0 Å². The predicted molar refractivity (Wildman–Crippen MR) is 129 cm³/mol. The average molecular weight is 482 g/mol. The summed E-state index contributed by atoms with van der Waals surface area (Å²) in [5.74, 6) is -0.497. The summed E-state index contributed by atoms with van der Waals surface area (Å²) in [6.45, 7) is 0.672. The maximum Gasteiger partial charge on any atom is 0.278 e. The van der Waals surface area contributed by atoms with Gasteiger partial charge in [0.2, 0.25) is 5.43 Å². The molecule has 2 bridgehead atoms. The SMILES string of the molecule is O=C1c2c(O)c(=O)ccn2N2CN1C/C=C\COc1ccc(Cl)cc1[C@@]2(S)c1ccccc1. The van der Waals surface area contributed by atoms with E-state index in [0.717, 1.165) is 5.56 Å². The molecule has 1 atom stereocenters. The molecule has 0 unspecified atom stereocenters. The maximum atomic E-state index is 13.3. The Kier molecular flexibility index (Phi) is 5.34. The first-order valence-electron chi connectivity index (χ1n) is 10.3. The van der Waals surface area contributed by atoms with Gasteiger partial charge in [0.25, 0.3) is 5.91 Å². The third-order valence-electron chi connectivity index (χ3n) is 5.80. The van der Waals surface area contributed by atoms with Gasteiger partial charge in [-0.15, -0.1) is 12.6 Å². The van der Waals surface area contributed by atoms with Crippen molar-refractivity contribution in [1.29, 1.82) is 0 Å². The van der Waals surface area contributed by atoms with Crippen LogP contribution in [0.4, 0.5) is 0 Å². The monoisotopic (exact) mass is 481 g/mol. The molecular weight excluding hydrogens is 462 g/mol. The highest BCUT2D eigenvalue weighted by Crippen LogP contribution is 2.45. The first-order valence-corrected chi connectivity index (χ1v) is 11.1. The summed E-state index contributed by atoms with van der Waals surface area (Å²) in [4.78, 5) is 25.8. The number of hydrogen-bond donors (Lipinski definition) is 2. The number of aromatic nitrogens is 1. The Morgan fingerprint density at radius 2 is 1.85 bits per heavy atom. The van der Waals surface area contributed by atoms with Gasteiger partial charge in [-0.3, -0.25) is 19.3 Å². The summed E-state index contributed by atoms with van der Waals surface area (Å²) < 4.78 is 7.55. The fraction of sp³-hybridized carbons (Fsp3) is 0.167. The summed E-state index contributed by atoms with van der Waals surface area (Å²) in [5, 5.41) is 12.9. The Hall–Kier alpha value is -3.36. The van der Waals surface area contributed by atoms with Gasteiger partial charge in [-0.25, -0.2) is 0 Å². The second kappa shape index (κ2) is 8.20. The Morgan fingerprint density at radius 1 is 1.06 bits per heavy atom. The summed E-state index contributed by atoms with van der Waals surface area (Å²) in [7, 11) is 0. The van der Waals surface area contributed by atoms with Gasteiger partial charge < -0.3 is 14.7 Å². The van der Waals surface area contributed by atoms with Gasteiger partial charge in [0.05, 0.1) is 0 Å². The molecule has 2 aliphatic heterocycles. The van der Waals surface area contributed by atoms with Crippen LogP contribution in [0.2, 0.25) is 5.02 Å². The number of thiol groups is 1. The summed E-state index contributed by atoms with van der Waals surface area (Å²) in [6, 6.07) is 16.0. The van der Waals surface area contributed by atoms with E-state index in [4.69, 9.17) is 29.0 Å². The van der Waals surface area contributed by atoms with E-state index in [9.17, 15) is 14.7 Å². The predicted octanol–water partition coefficient (Wildman–Crippen LogP) is 3.34. The molecule has 1 aromatic heterocycles. The van der Waals surface area contributed by atoms with Crippen molar-refractivity contribution >= 4 is 30.1 Å². The molecule has 3 heterocycles. The third-order valence-corrected chi connectivity index (χ3v) is 6.77. The summed E-state index contributed by atoms with van der Waals surface area (Å²) >= 11 is 11.6. The number of carbonyl (C=O) groups excluding carboxylic acids is 1. The number of benzene rings is 2. The van der Waals surface area contributed by atoms with Crippen LogP contribution >= 0.6 is 24.2 Å². The first kappa shape index (κ1) is 21.5. The molecule has 0 radical (unpaired) electrons. The Bertz CT molecular complexity index is 1330. The van der Waals surface area contributed by atoms with Gasteiger partial charge in [-0.2, -0.15) is 0 Å². The van der Waals surface area contributed by atoms with Gasteiger partial charge in [0.15, 0.2) is 16.3 Å². The second-order valence-corrected chi connectivity index (χ2v) is 8.84. The summed E-state index contributed by atoms with van der Waals surface area (Å²) in [6.07, 6.45) is 5.10. The van der Waals surface area contributed by atoms with E-state index >= 15 is 0 Å². The number of ether oxygens (including phenoxy) is 1. The van der Waals surface area contributed by atoms with Crippen molar-refractivity contribution in [2.24, 2.45) is 0 Å². The fourth-order valence-electron chi connectivity index (χ4n) is 4.18. The first-order chi connectivity index (χ1) is 15.9. The highest BCUT2D eigenvalue weighted by atomic mass is 35.5. The van der Waals surface area contributed by atoms with Crippen molar-refractivity contribution in [1.82, 2.24) is 9.58 Å². The largest absolute Gasteiger partial charge is 0.502 e. The van der Waals surface area contributed by atoms with Crippen molar-refractivity contribution in [2.45, 2.75) is 4.87 Å². The second-order valence-electron chi connectivity index (χ2n) is 7.75. The van der Waals surface area contributed by atoms with Crippen LogP contribution in [0.5, 0.6) is 11.5 Å². The van der Waals surface area contributed by atoms with Crippen molar-refractivity contribution in [3.05, 3.63) is 105 Å². The summed E-state index contributed by atoms with van der Waals surface area (Å²) in [5.41, 5.74) is 0.678. The lowest BCUT2D eigenvalue weighted by molar-refractivity contribution is 0.0697. The number of pyridine rings is 1. The normalized spacial score (nSPS) is 20.8. The van der Waals surface area contributed by atoms with Crippen LogP contribution in [0.25, 0.3) is 0 Å². The van der Waals surface area contributed by atoms with Crippen molar-refractivity contribution < 1.29 is 14.6 Å². The van der Waals surface area contributed by atoms with Crippen LogP contribution in [-0.4, -0.2) is 40.4 Å². The number of amides is 1. The number of carbonyl (C=O) groups is 1. The Labute approximate surface area is 200 Å².